The van der Waals surface area contributed by atoms with Crippen molar-refractivity contribution in [1.82, 2.24) is 15.2 Å². The summed E-state index contributed by atoms with van der Waals surface area (Å²) in [6, 6.07) is 9.54. The first-order valence-corrected chi connectivity index (χ1v) is 11.8. The maximum absolute atomic E-state index is 13.2. The number of para-hydroxylation sites is 1. The first-order chi connectivity index (χ1) is 15.0. The number of carbonyl (C=O) groups is 2. The molecular formula is C25H29N3O2S. The van der Waals surface area contributed by atoms with Gasteiger partial charge < -0.3 is 15.2 Å². The number of aromatic amines is 1. The quantitative estimate of drug-likeness (QED) is 0.581. The van der Waals surface area contributed by atoms with E-state index < -0.39 is 6.04 Å². The lowest BCUT2D eigenvalue weighted by atomic mass is 9.96. The lowest BCUT2D eigenvalue weighted by molar-refractivity contribution is -0.133. The van der Waals surface area contributed by atoms with Crippen LogP contribution < -0.4 is 5.32 Å². The molecule has 1 aliphatic rings. The highest BCUT2D eigenvalue weighted by Crippen LogP contribution is 2.31. The Labute approximate surface area is 187 Å². The van der Waals surface area contributed by atoms with Gasteiger partial charge in [-0.1, -0.05) is 51.1 Å². The molecule has 0 spiro atoms. The standard InChI is InChI=1S/C25H29N3O2S/c1-4-17-7-5-8-19-20(15-26-23(17)19)18-10-12-28(13-11-18)25(30)22(16(2)3)27-24(29)21-9-6-14-31-21/h5-10,14-16,22,26H,4,11-13H2,1-3H3,(H,27,29). The van der Waals surface area contributed by atoms with Gasteiger partial charge in [0, 0.05) is 35.8 Å². The number of hydrogen-bond donors (Lipinski definition) is 2. The van der Waals surface area contributed by atoms with E-state index in [1.165, 1.54) is 38.9 Å². The molecule has 5 nitrogen and oxygen atoms in total. The van der Waals surface area contributed by atoms with E-state index in [1.807, 2.05) is 30.2 Å². The van der Waals surface area contributed by atoms with Gasteiger partial charge in [-0.25, -0.2) is 0 Å². The molecule has 3 aromatic rings. The predicted molar refractivity (Wildman–Crippen MR) is 127 cm³/mol. The molecule has 2 N–H and O–H groups in total. The van der Waals surface area contributed by atoms with Gasteiger partial charge in [0.2, 0.25) is 5.91 Å². The highest BCUT2D eigenvalue weighted by atomic mass is 32.1. The van der Waals surface area contributed by atoms with Crippen LogP contribution in [0.2, 0.25) is 0 Å². The van der Waals surface area contributed by atoms with Crippen LogP contribution >= 0.6 is 11.3 Å². The third-order valence-electron chi connectivity index (χ3n) is 6.01. The summed E-state index contributed by atoms with van der Waals surface area (Å²) in [7, 11) is 0. The van der Waals surface area contributed by atoms with Crippen molar-refractivity contribution in [3.8, 4) is 0 Å². The summed E-state index contributed by atoms with van der Waals surface area (Å²) < 4.78 is 0. The van der Waals surface area contributed by atoms with E-state index in [1.54, 1.807) is 6.07 Å². The number of nitrogens with one attached hydrogen (secondary N) is 2. The van der Waals surface area contributed by atoms with E-state index in [9.17, 15) is 9.59 Å². The van der Waals surface area contributed by atoms with Gasteiger partial charge in [0.1, 0.15) is 6.04 Å². The topological polar surface area (TPSA) is 65.2 Å². The van der Waals surface area contributed by atoms with Crippen molar-refractivity contribution in [1.29, 1.82) is 0 Å². The van der Waals surface area contributed by atoms with Crippen molar-refractivity contribution in [2.75, 3.05) is 13.1 Å². The molecule has 6 heteroatoms. The fraction of sp³-hybridized carbons (Fsp3) is 0.360. The minimum Gasteiger partial charge on any atom is -0.360 e. The summed E-state index contributed by atoms with van der Waals surface area (Å²) in [5.74, 6) is -0.175. The van der Waals surface area contributed by atoms with Crippen LogP contribution in [0.25, 0.3) is 16.5 Å². The van der Waals surface area contributed by atoms with E-state index in [0.29, 0.717) is 18.0 Å². The van der Waals surface area contributed by atoms with Crippen LogP contribution in [0.3, 0.4) is 0 Å². The molecule has 1 aliphatic heterocycles. The highest BCUT2D eigenvalue weighted by molar-refractivity contribution is 7.12. The summed E-state index contributed by atoms with van der Waals surface area (Å²) in [6.07, 6.45) is 6.04. The molecule has 0 bridgehead atoms. The van der Waals surface area contributed by atoms with E-state index >= 15 is 0 Å². The second-order valence-corrected chi connectivity index (χ2v) is 9.28. The Balaban J connectivity index is 1.49. The lowest BCUT2D eigenvalue weighted by Gasteiger charge is -2.32. The second kappa shape index (κ2) is 9.10. The molecule has 31 heavy (non-hydrogen) atoms. The molecule has 0 fully saturated rings. The smallest absolute Gasteiger partial charge is 0.262 e. The van der Waals surface area contributed by atoms with Crippen molar-refractivity contribution in [2.24, 2.45) is 5.92 Å². The normalized spacial score (nSPS) is 15.2. The van der Waals surface area contributed by atoms with Crippen LogP contribution in [0.1, 0.15) is 48.0 Å². The highest BCUT2D eigenvalue weighted by Gasteiger charge is 2.30. The molecule has 162 valence electrons. The number of aromatic nitrogens is 1. The number of aryl methyl sites for hydroxylation is 1. The number of fused-ring (bicyclic) bond motifs is 1. The van der Waals surface area contributed by atoms with Crippen LogP contribution in [-0.4, -0.2) is 40.8 Å². The molecule has 1 aromatic carbocycles. The van der Waals surface area contributed by atoms with Gasteiger partial charge >= 0.3 is 0 Å². The Kier molecular flexibility index (Phi) is 6.28. The largest absolute Gasteiger partial charge is 0.360 e. The number of nitrogens with zero attached hydrogens (tertiary/aromatic N) is 1. The second-order valence-electron chi connectivity index (χ2n) is 8.33. The van der Waals surface area contributed by atoms with Crippen LogP contribution in [-0.2, 0) is 11.2 Å². The summed E-state index contributed by atoms with van der Waals surface area (Å²) >= 11 is 1.38. The van der Waals surface area contributed by atoms with Crippen LogP contribution in [0.5, 0.6) is 0 Å². The summed E-state index contributed by atoms with van der Waals surface area (Å²) in [5, 5.41) is 6.06. The SMILES string of the molecule is CCc1cccc2c(C3=CCN(C(=O)C(NC(=O)c4cccs4)C(C)C)CC3)c[nH]c12. The Morgan fingerprint density at radius 3 is 2.71 bits per heavy atom. The monoisotopic (exact) mass is 435 g/mol. The van der Waals surface area contributed by atoms with Crippen LogP contribution in [0, 0.1) is 5.92 Å². The number of hydrogen-bond acceptors (Lipinski definition) is 3. The third kappa shape index (κ3) is 4.30. The summed E-state index contributed by atoms with van der Waals surface area (Å²) in [5.41, 5.74) is 5.02. The first-order valence-electron chi connectivity index (χ1n) is 10.9. The van der Waals surface area contributed by atoms with Crippen molar-refractivity contribution in [3.05, 3.63) is 64.0 Å². The van der Waals surface area contributed by atoms with Crippen molar-refractivity contribution in [2.45, 2.75) is 39.7 Å². The number of benzene rings is 1. The zero-order valence-electron chi connectivity index (χ0n) is 18.3. The summed E-state index contributed by atoms with van der Waals surface area (Å²) in [6.45, 7) is 7.33. The lowest BCUT2D eigenvalue weighted by Crippen LogP contribution is -2.52. The Bertz CT molecular complexity index is 1110. The number of carbonyl (C=O) groups excluding carboxylic acids is 2. The molecule has 1 atom stereocenters. The van der Waals surface area contributed by atoms with Crippen molar-refractivity contribution < 1.29 is 9.59 Å². The minimum absolute atomic E-state index is 0.0117. The minimum atomic E-state index is -0.523. The first kappa shape index (κ1) is 21.4. The fourth-order valence-electron chi connectivity index (χ4n) is 4.22. The molecular weight excluding hydrogens is 406 g/mol. The van der Waals surface area contributed by atoms with Gasteiger partial charge in [-0.2, -0.15) is 0 Å². The van der Waals surface area contributed by atoms with E-state index in [-0.39, 0.29) is 17.7 Å². The Morgan fingerprint density at radius 2 is 2.06 bits per heavy atom. The fourth-order valence-corrected chi connectivity index (χ4v) is 4.85. The van der Waals surface area contributed by atoms with Crippen LogP contribution in [0.4, 0.5) is 0 Å². The number of rotatable bonds is 6. The molecule has 2 aromatic heterocycles. The van der Waals surface area contributed by atoms with E-state index in [4.69, 9.17) is 0 Å². The number of H-pyrrole nitrogens is 1. The van der Waals surface area contributed by atoms with Crippen molar-refractivity contribution >= 4 is 39.6 Å². The Hall–Kier alpha value is -2.86. The Morgan fingerprint density at radius 1 is 1.23 bits per heavy atom. The molecule has 0 aliphatic carbocycles. The molecule has 0 saturated carbocycles. The molecule has 4 rings (SSSR count). The molecule has 2 amide bonds. The third-order valence-corrected chi connectivity index (χ3v) is 6.88. The zero-order valence-corrected chi connectivity index (χ0v) is 19.1. The van der Waals surface area contributed by atoms with Gasteiger partial charge in [0.05, 0.1) is 4.88 Å². The van der Waals surface area contributed by atoms with Gasteiger partial charge in [0.15, 0.2) is 0 Å². The van der Waals surface area contributed by atoms with E-state index in [0.717, 1.165) is 12.8 Å². The van der Waals surface area contributed by atoms with Gasteiger partial charge in [-0.3, -0.25) is 9.59 Å². The zero-order chi connectivity index (χ0) is 22.0. The average Bonchev–Trinajstić information content (AvgIpc) is 3.47. The maximum Gasteiger partial charge on any atom is 0.262 e. The van der Waals surface area contributed by atoms with Crippen molar-refractivity contribution in [3.63, 3.8) is 0 Å². The average molecular weight is 436 g/mol. The molecule has 0 saturated heterocycles. The maximum atomic E-state index is 13.2. The molecule has 3 heterocycles. The van der Waals surface area contributed by atoms with Gasteiger partial charge in [-0.05, 0) is 41.3 Å². The predicted octanol–water partition coefficient (Wildman–Crippen LogP) is 4.86. The van der Waals surface area contributed by atoms with Crippen LogP contribution in [0.15, 0.2) is 48.0 Å². The van der Waals surface area contributed by atoms with E-state index in [2.05, 4.69) is 47.7 Å². The summed E-state index contributed by atoms with van der Waals surface area (Å²) in [4.78, 5) is 31.6. The number of thiophene rings is 1. The molecule has 0 radical (unpaired) electrons. The van der Waals surface area contributed by atoms with Gasteiger partial charge in [0.25, 0.3) is 5.91 Å². The van der Waals surface area contributed by atoms with Gasteiger partial charge in [-0.15, -0.1) is 11.3 Å². The number of amides is 2. The molecule has 1 unspecified atom stereocenters.